The number of carbonyl (C=O) groups excluding carboxylic acids is 1. The van der Waals surface area contributed by atoms with Gasteiger partial charge in [0.15, 0.2) is 6.10 Å². The molecule has 0 saturated heterocycles. The van der Waals surface area contributed by atoms with Crippen LogP contribution in [-0.2, 0) is 27.9 Å². The molecule has 0 rings (SSSR count). The third-order valence-corrected chi connectivity index (χ3v) is 9.58. The Morgan fingerprint density at radius 2 is 1.02 bits per heavy atom. The molecule has 0 radical (unpaired) electrons. The van der Waals surface area contributed by atoms with E-state index in [2.05, 4.69) is 38.2 Å². The van der Waals surface area contributed by atoms with Gasteiger partial charge in [-0.05, 0) is 76.7 Å². The second kappa shape index (κ2) is 38.8. The molecule has 50 heavy (non-hydrogen) atoms. The first-order valence-corrected chi connectivity index (χ1v) is 22.0. The average Bonchev–Trinajstić information content (AvgIpc) is 3.10. The molecular weight excluding hydrogens is 649 g/mol. The van der Waals surface area contributed by atoms with Crippen molar-refractivity contribution in [3.8, 4) is 0 Å². The largest absolute Gasteiger partial charge is 0.498 e. The van der Waals surface area contributed by atoms with Crippen LogP contribution in [0.1, 0.15) is 187 Å². The molecule has 0 aromatic heterocycles. The zero-order valence-electron chi connectivity index (χ0n) is 32.4. The summed E-state index contributed by atoms with van der Waals surface area (Å²) in [4.78, 5) is 22.4. The van der Waals surface area contributed by atoms with E-state index in [-0.39, 0.29) is 32.3 Å². The topological polar surface area (TPSA) is 117 Å². The van der Waals surface area contributed by atoms with Crippen molar-refractivity contribution in [3.63, 3.8) is 0 Å². The Labute approximate surface area is 308 Å². The predicted molar refractivity (Wildman–Crippen MR) is 210 cm³/mol. The lowest BCUT2D eigenvalue weighted by atomic mass is 10.1. The number of esters is 1. The molecule has 9 heteroatoms. The first kappa shape index (κ1) is 48.6. The number of allylic oxidation sites excluding steroid dienone is 5. The Kier molecular flexibility index (Phi) is 37.7. The molecule has 8 nitrogen and oxygen atoms in total. The number of hydrogen-bond donors (Lipinski definition) is 2. The maximum absolute atomic E-state index is 12.5. The van der Waals surface area contributed by atoms with Crippen LogP contribution in [0.4, 0.5) is 0 Å². The van der Waals surface area contributed by atoms with Crippen LogP contribution in [-0.4, -0.2) is 43.3 Å². The highest BCUT2D eigenvalue weighted by molar-refractivity contribution is 7.47. The number of phosphoric ester groups is 1. The first-order chi connectivity index (χ1) is 24.4. The van der Waals surface area contributed by atoms with Crippen LogP contribution < -0.4 is 5.73 Å². The highest BCUT2D eigenvalue weighted by Crippen LogP contribution is 2.43. The van der Waals surface area contributed by atoms with Crippen LogP contribution in [0.15, 0.2) is 36.6 Å². The third-order valence-electron chi connectivity index (χ3n) is 8.59. The fourth-order valence-corrected chi connectivity index (χ4v) is 6.30. The van der Waals surface area contributed by atoms with E-state index in [0.29, 0.717) is 6.42 Å². The number of rotatable bonds is 39. The predicted octanol–water partition coefficient (Wildman–Crippen LogP) is 12.2. The number of ether oxygens (including phenoxy) is 2. The van der Waals surface area contributed by atoms with Gasteiger partial charge >= 0.3 is 13.8 Å². The fraction of sp³-hybridized carbons (Fsp3) is 0.829. The summed E-state index contributed by atoms with van der Waals surface area (Å²) in [5.74, 6) is -0.364. The van der Waals surface area contributed by atoms with Gasteiger partial charge in [0.2, 0.25) is 0 Å². The van der Waals surface area contributed by atoms with Gasteiger partial charge in [-0.2, -0.15) is 0 Å². The van der Waals surface area contributed by atoms with Crippen LogP contribution in [0.2, 0.25) is 0 Å². The Balaban J connectivity index is 4.14. The van der Waals surface area contributed by atoms with Gasteiger partial charge in [-0.3, -0.25) is 13.8 Å². The van der Waals surface area contributed by atoms with E-state index in [0.717, 1.165) is 51.4 Å². The van der Waals surface area contributed by atoms with E-state index >= 15 is 0 Å². The zero-order chi connectivity index (χ0) is 36.6. The summed E-state index contributed by atoms with van der Waals surface area (Å²) in [6.07, 6.45) is 43.9. The van der Waals surface area contributed by atoms with E-state index in [9.17, 15) is 14.3 Å². The van der Waals surface area contributed by atoms with E-state index in [1.807, 2.05) is 6.08 Å². The van der Waals surface area contributed by atoms with Crippen molar-refractivity contribution in [1.29, 1.82) is 0 Å². The average molecular weight is 728 g/mol. The number of nitrogens with two attached hydrogens (primary N) is 1. The van der Waals surface area contributed by atoms with Crippen molar-refractivity contribution in [1.82, 2.24) is 0 Å². The minimum absolute atomic E-state index is 0.0244. The Bertz CT molecular complexity index is 864. The quantitative estimate of drug-likeness (QED) is 0.0211. The first-order valence-electron chi connectivity index (χ1n) is 20.5. The van der Waals surface area contributed by atoms with Gasteiger partial charge in [0.1, 0.15) is 6.61 Å². The molecule has 0 saturated carbocycles. The molecule has 0 amide bonds. The molecule has 1 unspecified atom stereocenters. The SMILES string of the molecule is CCCCCCCCC=CCCCCCCC=COC[C@H](COP(=O)(O)OCCN)OC(=O)CCCCCCCC=CCCCCCCCC. The van der Waals surface area contributed by atoms with Crippen LogP contribution in [0.3, 0.4) is 0 Å². The van der Waals surface area contributed by atoms with Crippen molar-refractivity contribution in [2.24, 2.45) is 5.73 Å². The number of carbonyl (C=O) groups is 1. The lowest BCUT2D eigenvalue weighted by Gasteiger charge is -2.19. The molecule has 0 spiro atoms. The summed E-state index contributed by atoms with van der Waals surface area (Å²) in [6.45, 7) is 4.21. The molecule has 0 aliphatic heterocycles. The number of hydrogen-bond acceptors (Lipinski definition) is 7. The van der Waals surface area contributed by atoms with Gasteiger partial charge in [0, 0.05) is 13.0 Å². The summed E-state index contributed by atoms with van der Waals surface area (Å²) in [7, 11) is -4.29. The lowest BCUT2D eigenvalue weighted by Crippen LogP contribution is -2.27. The van der Waals surface area contributed by atoms with Crippen LogP contribution in [0.5, 0.6) is 0 Å². The van der Waals surface area contributed by atoms with Gasteiger partial charge in [0.05, 0.1) is 19.5 Å². The summed E-state index contributed by atoms with van der Waals surface area (Å²) in [6, 6.07) is 0. The van der Waals surface area contributed by atoms with E-state index < -0.39 is 13.9 Å². The van der Waals surface area contributed by atoms with Gasteiger partial charge in [-0.15, -0.1) is 0 Å². The monoisotopic (exact) mass is 728 g/mol. The molecule has 294 valence electrons. The molecule has 0 aromatic carbocycles. The van der Waals surface area contributed by atoms with Crippen molar-refractivity contribution >= 4 is 13.8 Å². The van der Waals surface area contributed by atoms with Crippen LogP contribution in [0, 0.1) is 0 Å². The van der Waals surface area contributed by atoms with Crippen molar-refractivity contribution in [3.05, 3.63) is 36.6 Å². The zero-order valence-corrected chi connectivity index (χ0v) is 33.3. The molecule has 0 aliphatic carbocycles. The number of unbranched alkanes of at least 4 members (excludes halogenated alkanes) is 22. The second-order valence-electron chi connectivity index (χ2n) is 13.6. The second-order valence-corrected chi connectivity index (χ2v) is 15.0. The highest BCUT2D eigenvalue weighted by atomic mass is 31.2. The van der Waals surface area contributed by atoms with Crippen molar-refractivity contribution in [2.45, 2.75) is 193 Å². The van der Waals surface area contributed by atoms with E-state index in [1.165, 1.54) is 116 Å². The van der Waals surface area contributed by atoms with Crippen LogP contribution >= 0.6 is 7.82 Å². The molecule has 0 bridgehead atoms. The molecule has 0 aliphatic rings. The summed E-state index contributed by atoms with van der Waals surface area (Å²) < 4.78 is 33.1. The smallest absolute Gasteiger partial charge is 0.472 e. The van der Waals surface area contributed by atoms with Gasteiger partial charge in [-0.1, -0.05) is 134 Å². The summed E-state index contributed by atoms with van der Waals surface area (Å²) in [5.41, 5.74) is 5.35. The normalized spacial score (nSPS) is 13.8. The van der Waals surface area contributed by atoms with Crippen molar-refractivity contribution < 1.29 is 32.8 Å². The van der Waals surface area contributed by atoms with Crippen molar-refractivity contribution in [2.75, 3.05) is 26.4 Å². The number of phosphoric acid groups is 1. The molecular formula is C41H78NO7P. The Hall–Kier alpha value is -1.44. The van der Waals surface area contributed by atoms with Gasteiger partial charge in [-0.25, -0.2) is 4.57 Å². The Morgan fingerprint density at radius 3 is 1.48 bits per heavy atom. The van der Waals surface area contributed by atoms with Crippen LogP contribution in [0.25, 0.3) is 0 Å². The highest BCUT2D eigenvalue weighted by Gasteiger charge is 2.25. The maximum Gasteiger partial charge on any atom is 0.472 e. The van der Waals surface area contributed by atoms with E-state index in [4.69, 9.17) is 24.3 Å². The maximum atomic E-state index is 12.5. The van der Waals surface area contributed by atoms with Gasteiger partial charge in [0.25, 0.3) is 0 Å². The lowest BCUT2D eigenvalue weighted by molar-refractivity contribution is -0.153. The minimum Gasteiger partial charge on any atom is -0.498 e. The fourth-order valence-electron chi connectivity index (χ4n) is 5.54. The Morgan fingerprint density at radius 1 is 0.600 bits per heavy atom. The third kappa shape index (κ3) is 37.8. The molecule has 0 fully saturated rings. The molecule has 2 atom stereocenters. The van der Waals surface area contributed by atoms with E-state index in [1.54, 1.807) is 6.26 Å². The van der Waals surface area contributed by atoms with Gasteiger partial charge < -0.3 is 20.1 Å². The molecule has 0 heterocycles. The summed E-state index contributed by atoms with van der Waals surface area (Å²) >= 11 is 0. The summed E-state index contributed by atoms with van der Waals surface area (Å²) in [5, 5.41) is 0. The minimum atomic E-state index is -4.29. The standard InChI is InChI=1S/C41H78NO7P/c1-3-5-7-9-11-13-15-17-19-21-23-25-27-29-31-33-36-46-38-40(39-48-50(44,45)47-37-35-42)49-41(43)34-32-30-28-26-24-22-20-18-16-14-12-10-8-6-4-2/h17-20,33,36,40H,3-16,21-32,34-35,37-39,42H2,1-2H3,(H,44,45)/t40-/m1/s1. The molecule has 0 aromatic rings. The molecule has 3 N–H and O–H groups in total.